The molecule has 134 valence electrons. The summed E-state index contributed by atoms with van der Waals surface area (Å²) in [6, 6.07) is 12.2. The number of thiocarbonyl (C=S) groups is 1. The quantitative estimate of drug-likeness (QED) is 0.759. The van der Waals surface area contributed by atoms with Crippen molar-refractivity contribution >= 4 is 17.3 Å². The highest BCUT2D eigenvalue weighted by Crippen LogP contribution is 2.28. The van der Waals surface area contributed by atoms with Crippen molar-refractivity contribution in [3.8, 4) is 11.5 Å². The first kappa shape index (κ1) is 19.0. The summed E-state index contributed by atoms with van der Waals surface area (Å²) in [4.78, 5) is 2.04. The van der Waals surface area contributed by atoms with Crippen molar-refractivity contribution in [2.75, 3.05) is 20.8 Å². The molecule has 25 heavy (non-hydrogen) atoms. The van der Waals surface area contributed by atoms with Gasteiger partial charge in [-0.3, -0.25) is 0 Å². The molecule has 1 N–H and O–H groups in total. The van der Waals surface area contributed by atoms with Crippen LogP contribution in [0.3, 0.4) is 0 Å². The highest BCUT2D eigenvalue weighted by Gasteiger charge is 2.13. The van der Waals surface area contributed by atoms with E-state index in [-0.39, 0.29) is 5.82 Å². The summed E-state index contributed by atoms with van der Waals surface area (Å²) in [5.74, 6) is 1.12. The summed E-state index contributed by atoms with van der Waals surface area (Å²) in [5.41, 5.74) is 2.03. The fourth-order valence-electron chi connectivity index (χ4n) is 2.47. The first-order valence-electron chi connectivity index (χ1n) is 8.05. The average Bonchev–Trinajstić information content (AvgIpc) is 2.63. The van der Waals surface area contributed by atoms with Gasteiger partial charge in [0.15, 0.2) is 16.6 Å². The van der Waals surface area contributed by atoms with E-state index < -0.39 is 0 Å². The second kappa shape index (κ2) is 9.22. The minimum absolute atomic E-state index is 0.246. The van der Waals surface area contributed by atoms with E-state index >= 15 is 0 Å². The molecule has 0 aromatic heterocycles. The Hall–Kier alpha value is -2.34. The van der Waals surface area contributed by atoms with E-state index in [9.17, 15) is 4.39 Å². The Bertz CT molecular complexity index is 707. The lowest BCUT2D eigenvalue weighted by Gasteiger charge is -2.26. The van der Waals surface area contributed by atoms with Gasteiger partial charge in [-0.2, -0.15) is 0 Å². The lowest BCUT2D eigenvalue weighted by molar-refractivity contribution is 0.352. The molecule has 0 atom stereocenters. The lowest BCUT2D eigenvalue weighted by atomic mass is 10.1. The number of benzene rings is 2. The standard InChI is InChI=1S/C19H23FN2O2S/c1-4-21-19(25)22(12-14-5-8-16(20)9-6-14)13-15-7-10-17(23-2)18(11-15)24-3/h5-11H,4,12-13H2,1-3H3,(H,21,25). The number of halogens is 1. The van der Waals surface area contributed by atoms with E-state index in [1.54, 1.807) is 26.4 Å². The lowest BCUT2D eigenvalue weighted by Crippen LogP contribution is -2.38. The number of hydrogen-bond donors (Lipinski definition) is 1. The van der Waals surface area contributed by atoms with Crippen molar-refractivity contribution in [2.24, 2.45) is 0 Å². The van der Waals surface area contributed by atoms with Gasteiger partial charge in [-0.1, -0.05) is 18.2 Å². The Balaban J connectivity index is 2.20. The third-order valence-electron chi connectivity index (χ3n) is 3.72. The van der Waals surface area contributed by atoms with E-state index in [0.717, 1.165) is 17.7 Å². The molecule has 0 aliphatic heterocycles. The fraction of sp³-hybridized carbons (Fsp3) is 0.316. The summed E-state index contributed by atoms with van der Waals surface area (Å²) in [5, 5.41) is 3.83. The Morgan fingerprint density at radius 1 is 1.00 bits per heavy atom. The molecule has 0 amide bonds. The van der Waals surface area contributed by atoms with Crippen molar-refractivity contribution in [3.63, 3.8) is 0 Å². The van der Waals surface area contributed by atoms with Crippen LogP contribution in [0.25, 0.3) is 0 Å². The summed E-state index contributed by atoms with van der Waals surface area (Å²) in [6.45, 7) is 3.92. The Morgan fingerprint density at radius 3 is 2.20 bits per heavy atom. The summed E-state index contributed by atoms with van der Waals surface area (Å²) < 4.78 is 23.8. The Labute approximate surface area is 153 Å². The van der Waals surface area contributed by atoms with Crippen LogP contribution in [0.4, 0.5) is 4.39 Å². The van der Waals surface area contributed by atoms with Gasteiger partial charge in [0.05, 0.1) is 14.2 Å². The van der Waals surface area contributed by atoms with Gasteiger partial charge in [0, 0.05) is 19.6 Å². The highest BCUT2D eigenvalue weighted by molar-refractivity contribution is 7.80. The molecular weight excluding hydrogens is 339 g/mol. The minimum atomic E-state index is -0.246. The van der Waals surface area contributed by atoms with Crippen molar-refractivity contribution in [1.82, 2.24) is 10.2 Å². The normalized spacial score (nSPS) is 10.2. The van der Waals surface area contributed by atoms with Crippen molar-refractivity contribution < 1.29 is 13.9 Å². The van der Waals surface area contributed by atoms with Crippen LogP contribution in [-0.4, -0.2) is 30.8 Å². The maximum Gasteiger partial charge on any atom is 0.169 e. The molecule has 0 radical (unpaired) electrons. The number of ether oxygens (including phenoxy) is 2. The maximum atomic E-state index is 13.1. The number of methoxy groups -OCH3 is 2. The predicted molar refractivity (Wildman–Crippen MR) is 101 cm³/mol. The van der Waals surface area contributed by atoms with Gasteiger partial charge in [0.25, 0.3) is 0 Å². The van der Waals surface area contributed by atoms with E-state index in [1.165, 1.54) is 12.1 Å². The van der Waals surface area contributed by atoms with Gasteiger partial charge < -0.3 is 19.7 Å². The molecule has 0 bridgehead atoms. The van der Waals surface area contributed by atoms with Crippen LogP contribution < -0.4 is 14.8 Å². The van der Waals surface area contributed by atoms with Gasteiger partial charge in [0.2, 0.25) is 0 Å². The first-order valence-corrected chi connectivity index (χ1v) is 8.46. The van der Waals surface area contributed by atoms with Crippen molar-refractivity contribution in [3.05, 3.63) is 59.4 Å². The number of nitrogens with one attached hydrogen (secondary N) is 1. The summed E-state index contributed by atoms with van der Waals surface area (Å²) >= 11 is 5.49. The molecule has 0 saturated heterocycles. The first-order chi connectivity index (χ1) is 12.1. The van der Waals surface area contributed by atoms with Crippen LogP contribution in [0.15, 0.2) is 42.5 Å². The van der Waals surface area contributed by atoms with Crippen LogP contribution in [0.5, 0.6) is 11.5 Å². The van der Waals surface area contributed by atoms with Gasteiger partial charge in [-0.15, -0.1) is 0 Å². The van der Waals surface area contributed by atoms with E-state index in [2.05, 4.69) is 5.32 Å². The second-order valence-corrected chi connectivity index (χ2v) is 5.89. The second-order valence-electron chi connectivity index (χ2n) is 5.51. The molecule has 2 aromatic rings. The van der Waals surface area contributed by atoms with Gasteiger partial charge in [-0.05, 0) is 54.5 Å². The molecule has 2 aromatic carbocycles. The molecule has 0 saturated carbocycles. The molecule has 0 heterocycles. The van der Waals surface area contributed by atoms with Gasteiger partial charge in [0.1, 0.15) is 5.82 Å². The van der Waals surface area contributed by atoms with E-state index in [1.807, 2.05) is 30.0 Å². The third-order valence-corrected chi connectivity index (χ3v) is 4.13. The number of hydrogen-bond acceptors (Lipinski definition) is 3. The zero-order valence-corrected chi connectivity index (χ0v) is 15.5. The van der Waals surface area contributed by atoms with Crippen LogP contribution in [0.2, 0.25) is 0 Å². The van der Waals surface area contributed by atoms with E-state index in [0.29, 0.717) is 29.7 Å². The fourth-order valence-corrected chi connectivity index (χ4v) is 2.75. The van der Waals surface area contributed by atoms with Crippen molar-refractivity contribution in [1.29, 1.82) is 0 Å². The largest absolute Gasteiger partial charge is 0.493 e. The van der Waals surface area contributed by atoms with Crippen LogP contribution >= 0.6 is 12.2 Å². The molecule has 6 heteroatoms. The molecule has 4 nitrogen and oxygen atoms in total. The maximum absolute atomic E-state index is 13.1. The summed E-state index contributed by atoms with van der Waals surface area (Å²) in [7, 11) is 3.22. The van der Waals surface area contributed by atoms with Gasteiger partial charge in [-0.25, -0.2) is 4.39 Å². The molecule has 0 spiro atoms. The zero-order valence-electron chi connectivity index (χ0n) is 14.7. The van der Waals surface area contributed by atoms with Crippen LogP contribution in [-0.2, 0) is 13.1 Å². The Morgan fingerprint density at radius 2 is 1.60 bits per heavy atom. The monoisotopic (exact) mass is 362 g/mol. The third kappa shape index (κ3) is 5.32. The molecule has 0 fully saturated rings. The zero-order chi connectivity index (χ0) is 18.2. The van der Waals surface area contributed by atoms with Crippen molar-refractivity contribution in [2.45, 2.75) is 20.0 Å². The minimum Gasteiger partial charge on any atom is -0.493 e. The number of rotatable bonds is 7. The summed E-state index contributed by atoms with van der Waals surface area (Å²) in [6.07, 6.45) is 0. The molecule has 0 aliphatic carbocycles. The van der Waals surface area contributed by atoms with Crippen LogP contribution in [0, 0.1) is 5.82 Å². The number of nitrogens with zero attached hydrogens (tertiary/aromatic N) is 1. The van der Waals surface area contributed by atoms with Crippen LogP contribution in [0.1, 0.15) is 18.1 Å². The topological polar surface area (TPSA) is 33.7 Å². The van der Waals surface area contributed by atoms with Gasteiger partial charge >= 0.3 is 0 Å². The molecule has 0 aliphatic rings. The predicted octanol–water partition coefficient (Wildman–Crippen LogP) is 3.74. The average molecular weight is 362 g/mol. The molecule has 0 unspecified atom stereocenters. The SMILES string of the molecule is CCNC(=S)N(Cc1ccc(F)cc1)Cc1ccc(OC)c(OC)c1. The Kier molecular flexibility index (Phi) is 7.01. The molecular formula is C19H23FN2O2S. The molecule has 2 rings (SSSR count). The smallest absolute Gasteiger partial charge is 0.169 e. The highest BCUT2D eigenvalue weighted by atomic mass is 32.1. The van der Waals surface area contributed by atoms with E-state index in [4.69, 9.17) is 21.7 Å².